The molecule has 0 bridgehead atoms. The van der Waals surface area contributed by atoms with Crippen molar-refractivity contribution in [3.63, 3.8) is 0 Å². The third-order valence-electron chi connectivity index (χ3n) is 4.73. The van der Waals surface area contributed by atoms with Crippen LogP contribution in [0.15, 0.2) is 0 Å². The molecule has 0 radical (unpaired) electrons. The molecule has 5 heteroatoms. The summed E-state index contributed by atoms with van der Waals surface area (Å²) < 4.78 is 5.10. The molecule has 2 rings (SSSR count). The summed E-state index contributed by atoms with van der Waals surface area (Å²) in [5, 5.41) is 0. The minimum Gasteiger partial charge on any atom is -0.462 e. The standard InChI is InChI=1S/C18H28N2O3/c1-5-23-18(22)15-12(2)16(19-13(15)3)17(21)14(4)20-10-8-6-7-9-11-20/h14,19H,5-11H2,1-4H3/t14-/m1/s1. The molecule has 128 valence electrons. The quantitative estimate of drug-likeness (QED) is 0.668. The van der Waals surface area contributed by atoms with Gasteiger partial charge >= 0.3 is 5.97 Å². The van der Waals surface area contributed by atoms with Crippen molar-refractivity contribution in [1.82, 2.24) is 9.88 Å². The topological polar surface area (TPSA) is 62.4 Å². The monoisotopic (exact) mass is 320 g/mol. The molecule has 1 aromatic rings. The Hall–Kier alpha value is -1.62. The van der Waals surface area contributed by atoms with Gasteiger partial charge < -0.3 is 9.72 Å². The fraction of sp³-hybridized carbons (Fsp3) is 0.667. The second kappa shape index (κ2) is 7.77. The molecular weight excluding hydrogens is 292 g/mol. The van der Waals surface area contributed by atoms with E-state index in [4.69, 9.17) is 4.74 Å². The molecule has 1 N–H and O–H groups in total. The first-order chi connectivity index (χ1) is 11.0. The van der Waals surface area contributed by atoms with Crippen LogP contribution in [0.25, 0.3) is 0 Å². The highest BCUT2D eigenvalue weighted by molar-refractivity contribution is 6.03. The van der Waals surface area contributed by atoms with Crippen LogP contribution in [0.3, 0.4) is 0 Å². The number of hydrogen-bond donors (Lipinski definition) is 1. The highest BCUT2D eigenvalue weighted by Gasteiger charge is 2.28. The lowest BCUT2D eigenvalue weighted by molar-refractivity contribution is 0.0525. The van der Waals surface area contributed by atoms with Crippen molar-refractivity contribution >= 4 is 11.8 Å². The number of rotatable bonds is 5. The zero-order valence-corrected chi connectivity index (χ0v) is 14.7. The predicted molar refractivity (Wildman–Crippen MR) is 90.1 cm³/mol. The number of aryl methyl sites for hydroxylation is 1. The molecule has 1 aromatic heterocycles. The van der Waals surface area contributed by atoms with Gasteiger partial charge in [-0.2, -0.15) is 0 Å². The Morgan fingerprint density at radius 3 is 2.35 bits per heavy atom. The van der Waals surface area contributed by atoms with Crippen LogP contribution < -0.4 is 0 Å². The van der Waals surface area contributed by atoms with Gasteiger partial charge in [-0.25, -0.2) is 4.79 Å². The van der Waals surface area contributed by atoms with Gasteiger partial charge in [0.15, 0.2) is 5.78 Å². The summed E-state index contributed by atoms with van der Waals surface area (Å²) in [6.45, 7) is 9.64. The first kappa shape index (κ1) is 17.7. The third kappa shape index (κ3) is 3.83. The smallest absolute Gasteiger partial charge is 0.340 e. The van der Waals surface area contributed by atoms with Gasteiger partial charge in [-0.15, -0.1) is 0 Å². The summed E-state index contributed by atoms with van der Waals surface area (Å²) in [5.41, 5.74) is 2.44. The zero-order valence-electron chi connectivity index (χ0n) is 14.7. The van der Waals surface area contributed by atoms with Gasteiger partial charge in [0.1, 0.15) is 0 Å². The van der Waals surface area contributed by atoms with E-state index in [0.717, 1.165) is 25.9 Å². The Bertz CT molecular complexity index is 569. The van der Waals surface area contributed by atoms with E-state index in [9.17, 15) is 9.59 Å². The molecule has 1 aliphatic rings. The molecule has 0 spiro atoms. The van der Waals surface area contributed by atoms with Crippen molar-refractivity contribution in [2.45, 2.75) is 59.4 Å². The van der Waals surface area contributed by atoms with Crippen LogP contribution in [0.5, 0.6) is 0 Å². The summed E-state index contributed by atoms with van der Waals surface area (Å²) in [6, 6.07) is -0.167. The van der Waals surface area contributed by atoms with E-state index in [1.807, 2.05) is 20.8 Å². The average molecular weight is 320 g/mol. The number of carbonyl (C=O) groups is 2. The van der Waals surface area contributed by atoms with Crippen molar-refractivity contribution < 1.29 is 14.3 Å². The van der Waals surface area contributed by atoms with E-state index >= 15 is 0 Å². The Kier molecular flexibility index (Phi) is 5.99. The molecule has 1 aliphatic heterocycles. The van der Waals surface area contributed by atoms with Gasteiger partial charge in [-0.1, -0.05) is 12.8 Å². The van der Waals surface area contributed by atoms with Crippen molar-refractivity contribution in [2.24, 2.45) is 0 Å². The van der Waals surface area contributed by atoms with Gasteiger partial charge in [0.25, 0.3) is 0 Å². The highest BCUT2D eigenvalue weighted by atomic mass is 16.5. The van der Waals surface area contributed by atoms with E-state index < -0.39 is 0 Å². The lowest BCUT2D eigenvalue weighted by Crippen LogP contribution is -2.40. The number of esters is 1. The van der Waals surface area contributed by atoms with Crippen molar-refractivity contribution in [2.75, 3.05) is 19.7 Å². The van der Waals surface area contributed by atoms with E-state index in [2.05, 4.69) is 9.88 Å². The van der Waals surface area contributed by atoms with Gasteiger partial charge in [-0.05, 0) is 59.2 Å². The van der Waals surface area contributed by atoms with Crippen molar-refractivity contribution in [3.05, 3.63) is 22.5 Å². The summed E-state index contributed by atoms with van der Waals surface area (Å²) in [4.78, 5) is 30.3. The fourth-order valence-corrected chi connectivity index (χ4v) is 3.36. The molecule has 0 saturated carbocycles. The van der Waals surface area contributed by atoms with Crippen molar-refractivity contribution in [3.8, 4) is 0 Å². The second-order valence-corrected chi connectivity index (χ2v) is 6.34. The minimum atomic E-state index is -0.361. The number of nitrogens with zero attached hydrogens (tertiary/aromatic N) is 1. The number of hydrogen-bond acceptors (Lipinski definition) is 4. The first-order valence-electron chi connectivity index (χ1n) is 8.61. The van der Waals surface area contributed by atoms with E-state index in [1.54, 1.807) is 6.92 Å². The molecule has 5 nitrogen and oxygen atoms in total. The maximum Gasteiger partial charge on any atom is 0.340 e. The SMILES string of the molecule is CCOC(=O)c1c(C)[nH]c(C(=O)[C@@H](C)N2CCCCCC2)c1C. The van der Waals surface area contributed by atoms with Gasteiger partial charge in [0.05, 0.1) is 23.9 Å². The number of H-pyrrole nitrogens is 1. The second-order valence-electron chi connectivity index (χ2n) is 6.34. The number of aromatic nitrogens is 1. The van der Waals surface area contributed by atoms with E-state index in [-0.39, 0.29) is 17.8 Å². The van der Waals surface area contributed by atoms with Crippen LogP contribution in [0.2, 0.25) is 0 Å². The maximum atomic E-state index is 12.9. The molecular formula is C18H28N2O3. The summed E-state index contributed by atoms with van der Waals surface area (Å²) in [5.74, 6) is -0.303. The third-order valence-corrected chi connectivity index (χ3v) is 4.73. The number of aromatic amines is 1. The lowest BCUT2D eigenvalue weighted by atomic mass is 10.0. The number of nitrogens with one attached hydrogen (secondary N) is 1. The molecule has 1 atom stereocenters. The fourth-order valence-electron chi connectivity index (χ4n) is 3.36. The molecule has 0 aromatic carbocycles. The van der Waals surface area contributed by atoms with Crippen LogP contribution in [-0.4, -0.2) is 47.4 Å². The van der Waals surface area contributed by atoms with Crippen molar-refractivity contribution in [1.29, 1.82) is 0 Å². The highest BCUT2D eigenvalue weighted by Crippen LogP contribution is 2.22. The lowest BCUT2D eigenvalue weighted by Gasteiger charge is -2.26. The molecule has 0 unspecified atom stereocenters. The molecule has 2 heterocycles. The van der Waals surface area contributed by atoms with Crippen LogP contribution >= 0.6 is 0 Å². The summed E-state index contributed by atoms with van der Waals surface area (Å²) in [7, 11) is 0. The van der Waals surface area contributed by atoms with Crippen LogP contribution in [-0.2, 0) is 4.74 Å². The van der Waals surface area contributed by atoms with Crippen LogP contribution in [0.1, 0.15) is 71.6 Å². The first-order valence-corrected chi connectivity index (χ1v) is 8.61. The van der Waals surface area contributed by atoms with Crippen LogP contribution in [0, 0.1) is 13.8 Å². The molecule has 0 aliphatic carbocycles. The molecule has 1 saturated heterocycles. The van der Waals surface area contributed by atoms with Gasteiger partial charge in [0.2, 0.25) is 0 Å². The molecule has 23 heavy (non-hydrogen) atoms. The Labute approximate surface area is 138 Å². The summed E-state index contributed by atoms with van der Waals surface area (Å²) >= 11 is 0. The summed E-state index contributed by atoms with van der Waals surface area (Å²) in [6.07, 6.45) is 4.78. The average Bonchev–Trinajstić information content (AvgIpc) is 2.72. The minimum absolute atomic E-state index is 0.0584. The zero-order chi connectivity index (χ0) is 17.0. The number of likely N-dealkylation sites (tertiary alicyclic amines) is 1. The maximum absolute atomic E-state index is 12.9. The van der Waals surface area contributed by atoms with Gasteiger partial charge in [-0.3, -0.25) is 9.69 Å². The predicted octanol–water partition coefficient (Wildman–Crippen LogP) is 3.26. The van der Waals surface area contributed by atoms with Crippen LogP contribution in [0.4, 0.5) is 0 Å². The number of ether oxygens (including phenoxy) is 1. The Balaban J connectivity index is 2.22. The number of ketones is 1. The van der Waals surface area contributed by atoms with Gasteiger partial charge in [0, 0.05) is 5.69 Å². The van der Waals surface area contributed by atoms with E-state index in [1.165, 1.54) is 12.8 Å². The molecule has 0 amide bonds. The largest absolute Gasteiger partial charge is 0.462 e. The Morgan fingerprint density at radius 1 is 1.17 bits per heavy atom. The number of carbonyl (C=O) groups excluding carboxylic acids is 2. The normalized spacial score (nSPS) is 17.6. The number of Topliss-reactive ketones (excluding diaryl/α,β-unsaturated/α-hetero) is 1. The Morgan fingerprint density at radius 2 is 1.78 bits per heavy atom. The molecule has 1 fully saturated rings. The van der Waals surface area contributed by atoms with E-state index in [0.29, 0.717) is 29.1 Å².